The molecule has 1 saturated carbocycles. The van der Waals surface area contributed by atoms with Gasteiger partial charge in [0.05, 0.1) is 12.0 Å². The number of pyridine rings is 1. The molecule has 1 heterocycles. The molecule has 172 valence electrons. The molecule has 0 unspecified atom stereocenters. The van der Waals surface area contributed by atoms with Crippen molar-refractivity contribution in [2.75, 3.05) is 11.8 Å². The molecule has 1 aromatic heterocycles. The van der Waals surface area contributed by atoms with Crippen molar-refractivity contribution in [3.8, 4) is 17.4 Å². The molecule has 1 fully saturated rings. The van der Waals surface area contributed by atoms with Gasteiger partial charge in [0.25, 0.3) is 15.9 Å². The highest BCUT2D eigenvalue weighted by Gasteiger charge is 2.21. The summed E-state index contributed by atoms with van der Waals surface area (Å²) in [7, 11) is -2.24. The van der Waals surface area contributed by atoms with Gasteiger partial charge < -0.3 is 14.8 Å². The molecule has 1 amide bonds. The van der Waals surface area contributed by atoms with E-state index in [0.717, 1.165) is 25.7 Å². The van der Waals surface area contributed by atoms with Crippen molar-refractivity contribution < 1.29 is 22.7 Å². The average molecular weight is 468 g/mol. The van der Waals surface area contributed by atoms with E-state index in [9.17, 15) is 13.2 Å². The number of hydrogen-bond donors (Lipinski definition) is 2. The predicted molar refractivity (Wildman–Crippen MR) is 124 cm³/mol. The molecule has 1 aliphatic carbocycles. The molecule has 0 aliphatic heterocycles. The van der Waals surface area contributed by atoms with Gasteiger partial charge in [-0.3, -0.25) is 9.52 Å². The van der Waals surface area contributed by atoms with Crippen LogP contribution in [0, 0.1) is 0 Å². The van der Waals surface area contributed by atoms with Crippen LogP contribution in [-0.4, -0.2) is 32.5 Å². The first-order valence-corrected chi connectivity index (χ1v) is 12.1. The maximum absolute atomic E-state index is 12.7. The molecule has 8 nitrogen and oxygen atoms in total. The van der Waals surface area contributed by atoms with Gasteiger partial charge in [-0.15, -0.1) is 0 Å². The number of carbonyl (C=O) groups is 1. The summed E-state index contributed by atoms with van der Waals surface area (Å²) >= 11 is 0. The maximum atomic E-state index is 12.7. The number of nitrogens with zero attached hydrogens (tertiary/aromatic N) is 1. The number of aromatic nitrogens is 1. The lowest BCUT2D eigenvalue weighted by Crippen LogP contribution is -2.32. The second kappa shape index (κ2) is 9.91. The summed E-state index contributed by atoms with van der Waals surface area (Å²) < 4.78 is 38.6. The minimum absolute atomic E-state index is 0.120. The summed E-state index contributed by atoms with van der Waals surface area (Å²) in [6.07, 6.45) is 5.76. The summed E-state index contributed by atoms with van der Waals surface area (Å²) in [5, 5.41) is 3.04. The lowest BCUT2D eigenvalue weighted by atomic mass is 10.2. The molecular weight excluding hydrogens is 442 g/mol. The Morgan fingerprint density at radius 3 is 2.30 bits per heavy atom. The van der Waals surface area contributed by atoms with E-state index in [1.165, 1.54) is 19.2 Å². The van der Waals surface area contributed by atoms with Gasteiger partial charge in [-0.05, 0) is 73.5 Å². The highest BCUT2D eigenvalue weighted by atomic mass is 32.2. The minimum Gasteiger partial charge on any atom is -0.497 e. The maximum Gasteiger partial charge on any atom is 0.261 e. The van der Waals surface area contributed by atoms with Crippen molar-refractivity contribution >= 4 is 21.6 Å². The Labute approximate surface area is 193 Å². The second-order valence-electron chi connectivity index (χ2n) is 7.72. The van der Waals surface area contributed by atoms with Crippen molar-refractivity contribution in [2.45, 2.75) is 36.6 Å². The highest BCUT2D eigenvalue weighted by Crippen LogP contribution is 2.26. The standard InChI is InChI=1S/C24H25N3O5S/c1-31-19-12-14-21(15-13-19)33(29,30)27-18-8-10-20(11-9-18)32-24-22(7-4-16-25-24)23(28)26-17-5-2-3-6-17/h4,7-17,27H,2-3,5-6H2,1H3,(H,26,28). The molecule has 2 aromatic carbocycles. The van der Waals surface area contributed by atoms with Gasteiger partial charge in [0.2, 0.25) is 5.88 Å². The van der Waals surface area contributed by atoms with E-state index in [1.807, 2.05) is 0 Å². The first-order chi connectivity index (χ1) is 15.9. The molecule has 9 heteroatoms. The highest BCUT2D eigenvalue weighted by molar-refractivity contribution is 7.92. The number of benzene rings is 2. The monoisotopic (exact) mass is 467 g/mol. The van der Waals surface area contributed by atoms with Crippen LogP contribution in [0.2, 0.25) is 0 Å². The summed E-state index contributed by atoms with van der Waals surface area (Å²) in [6.45, 7) is 0. The minimum atomic E-state index is -3.75. The van der Waals surface area contributed by atoms with Crippen LogP contribution in [0.25, 0.3) is 0 Å². The van der Waals surface area contributed by atoms with E-state index in [-0.39, 0.29) is 22.7 Å². The van der Waals surface area contributed by atoms with Crippen molar-refractivity contribution in [3.63, 3.8) is 0 Å². The van der Waals surface area contributed by atoms with E-state index in [4.69, 9.17) is 9.47 Å². The third kappa shape index (κ3) is 5.61. The van der Waals surface area contributed by atoms with E-state index < -0.39 is 10.0 Å². The first-order valence-electron chi connectivity index (χ1n) is 10.7. The Hall–Kier alpha value is -3.59. The van der Waals surface area contributed by atoms with Crippen molar-refractivity contribution in [3.05, 3.63) is 72.4 Å². The number of nitrogens with one attached hydrogen (secondary N) is 2. The normalized spacial score (nSPS) is 14.0. The van der Waals surface area contributed by atoms with Crippen LogP contribution in [0.5, 0.6) is 17.4 Å². The zero-order valence-corrected chi connectivity index (χ0v) is 19.0. The molecule has 3 aromatic rings. The summed E-state index contributed by atoms with van der Waals surface area (Å²) in [4.78, 5) is 17.0. The number of methoxy groups -OCH3 is 1. The van der Waals surface area contributed by atoms with Crippen LogP contribution in [0.4, 0.5) is 5.69 Å². The van der Waals surface area contributed by atoms with Crippen molar-refractivity contribution in [2.24, 2.45) is 0 Å². The number of amides is 1. The van der Waals surface area contributed by atoms with Crippen molar-refractivity contribution in [1.82, 2.24) is 10.3 Å². The zero-order chi connectivity index (χ0) is 23.3. The number of carbonyl (C=O) groups excluding carboxylic acids is 1. The molecule has 0 saturated heterocycles. The predicted octanol–water partition coefficient (Wildman–Crippen LogP) is 4.36. The Morgan fingerprint density at radius 1 is 0.970 bits per heavy atom. The number of hydrogen-bond acceptors (Lipinski definition) is 6. The Balaban J connectivity index is 1.44. The van der Waals surface area contributed by atoms with Gasteiger partial charge >= 0.3 is 0 Å². The van der Waals surface area contributed by atoms with E-state index >= 15 is 0 Å². The summed E-state index contributed by atoms with van der Waals surface area (Å²) in [6, 6.07) is 16.0. The number of sulfonamides is 1. The summed E-state index contributed by atoms with van der Waals surface area (Å²) in [5.74, 6) is 0.978. The second-order valence-corrected chi connectivity index (χ2v) is 9.40. The molecule has 0 spiro atoms. The van der Waals surface area contributed by atoms with Gasteiger partial charge in [0, 0.05) is 17.9 Å². The fourth-order valence-corrected chi connectivity index (χ4v) is 4.71. The van der Waals surface area contributed by atoms with Crippen LogP contribution >= 0.6 is 0 Å². The van der Waals surface area contributed by atoms with Crippen LogP contribution in [-0.2, 0) is 10.0 Å². The molecule has 2 N–H and O–H groups in total. The van der Waals surface area contributed by atoms with E-state index in [0.29, 0.717) is 22.7 Å². The fourth-order valence-electron chi connectivity index (χ4n) is 3.65. The number of ether oxygens (including phenoxy) is 2. The fraction of sp³-hybridized carbons (Fsp3) is 0.250. The molecule has 4 rings (SSSR count). The number of anilines is 1. The van der Waals surface area contributed by atoms with Crippen LogP contribution < -0.4 is 19.5 Å². The zero-order valence-electron chi connectivity index (χ0n) is 18.2. The molecule has 0 bridgehead atoms. The van der Waals surface area contributed by atoms with Gasteiger partial charge in [-0.1, -0.05) is 12.8 Å². The third-order valence-corrected chi connectivity index (χ3v) is 6.79. The largest absolute Gasteiger partial charge is 0.497 e. The first kappa shape index (κ1) is 22.6. The molecule has 0 radical (unpaired) electrons. The van der Waals surface area contributed by atoms with E-state index in [2.05, 4.69) is 15.0 Å². The lowest BCUT2D eigenvalue weighted by molar-refractivity contribution is 0.0935. The lowest BCUT2D eigenvalue weighted by Gasteiger charge is -2.14. The van der Waals surface area contributed by atoms with Gasteiger partial charge in [-0.2, -0.15) is 0 Å². The smallest absolute Gasteiger partial charge is 0.261 e. The Bertz CT molecular complexity index is 1210. The topological polar surface area (TPSA) is 107 Å². The van der Waals surface area contributed by atoms with Gasteiger partial charge in [-0.25, -0.2) is 13.4 Å². The SMILES string of the molecule is COc1ccc(S(=O)(=O)Nc2ccc(Oc3ncccc3C(=O)NC3CCCC3)cc2)cc1. The third-order valence-electron chi connectivity index (χ3n) is 5.40. The average Bonchev–Trinajstić information content (AvgIpc) is 3.33. The molecule has 33 heavy (non-hydrogen) atoms. The Morgan fingerprint density at radius 2 is 1.64 bits per heavy atom. The van der Waals surface area contributed by atoms with E-state index in [1.54, 1.807) is 54.7 Å². The Kier molecular flexibility index (Phi) is 6.79. The van der Waals surface area contributed by atoms with Crippen LogP contribution in [0.3, 0.4) is 0 Å². The summed E-state index contributed by atoms with van der Waals surface area (Å²) in [5.41, 5.74) is 0.729. The van der Waals surface area contributed by atoms with Crippen LogP contribution in [0.15, 0.2) is 71.8 Å². The molecule has 0 atom stereocenters. The molecule has 1 aliphatic rings. The quantitative estimate of drug-likeness (QED) is 0.510. The van der Waals surface area contributed by atoms with Crippen LogP contribution in [0.1, 0.15) is 36.0 Å². The molecular formula is C24H25N3O5S. The van der Waals surface area contributed by atoms with Crippen molar-refractivity contribution in [1.29, 1.82) is 0 Å². The van der Waals surface area contributed by atoms with Gasteiger partial charge in [0.15, 0.2) is 0 Å². The number of rotatable bonds is 8. The van der Waals surface area contributed by atoms with Gasteiger partial charge in [0.1, 0.15) is 17.1 Å².